The predicted octanol–water partition coefficient (Wildman–Crippen LogP) is 10.8. The van der Waals surface area contributed by atoms with Crippen LogP contribution in [0.1, 0.15) is 108 Å². The van der Waals surface area contributed by atoms with Gasteiger partial charge in [-0.1, -0.05) is 147 Å². The Hall–Kier alpha value is -5.16. The van der Waals surface area contributed by atoms with E-state index in [0.717, 1.165) is 23.4 Å². The molecule has 7 heteroatoms. The van der Waals surface area contributed by atoms with Crippen LogP contribution >= 0.6 is 7.26 Å². The molecule has 0 aromatic heterocycles. The minimum absolute atomic E-state index is 0. The summed E-state index contributed by atoms with van der Waals surface area (Å²) in [6.07, 6.45) is 28.4. The van der Waals surface area contributed by atoms with Crippen LogP contribution in [0.25, 0.3) is 0 Å². The van der Waals surface area contributed by atoms with E-state index in [9.17, 15) is 14.4 Å². The second-order valence-electron chi connectivity index (χ2n) is 18.3. The quantitative estimate of drug-likeness (QED) is 0.0727. The molecule has 0 bridgehead atoms. The van der Waals surface area contributed by atoms with Gasteiger partial charge in [0.1, 0.15) is 29.5 Å². The molecule has 2 N–H and O–H groups in total. The molecule has 0 saturated carbocycles. The Kier molecular flexibility index (Phi) is 23.5. The Morgan fingerprint density at radius 3 is 1.32 bits per heavy atom. The second-order valence-corrected chi connectivity index (χ2v) is 21.9. The number of hydrogen-bond donors (Lipinski definition) is 2. The molecule has 2 aliphatic rings. The van der Waals surface area contributed by atoms with Crippen LogP contribution in [0.4, 0.5) is 0 Å². The van der Waals surface area contributed by atoms with Crippen LogP contribution in [0.15, 0.2) is 196 Å². The average molecular weight is 960 g/mol. The molecular formula is C58H72BrO5P. The van der Waals surface area contributed by atoms with Crippen LogP contribution in [0.3, 0.4) is 0 Å². The maximum Gasteiger partial charge on any atom is 0.328 e. The molecule has 0 aliphatic heterocycles. The SMILES string of the molecule is C/C(C=O)=C/C(=O)O.CC1=C(/C=C/C(C)=C/C=C/C(C)=C\C(=O)O)C(C)(C)CCC1.CC1=C(/C=C/C(C)=C/C[P+](c2ccccc2)(c2ccccc2)c2ccccc2)C(C)(C)CCC1.[Br-]. The lowest BCUT2D eigenvalue weighted by molar-refractivity contribution is -0.132. The normalized spacial score (nSPS) is 17.0. The second kappa shape index (κ2) is 27.3. The van der Waals surface area contributed by atoms with Gasteiger partial charge in [0.25, 0.3) is 0 Å². The number of halogens is 1. The van der Waals surface area contributed by atoms with Crippen LogP contribution < -0.4 is 32.9 Å². The molecule has 5 rings (SSSR count). The summed E-state index contributed by atoms with van der Waals surface area (Å²) in [7, 11) is -1.82. The fraction of sp³-hybridized carbons (Fsp3) is 0.328. The highest BCUT2D eigenvalue weighted by molar-refractivity contribution is 7.95. The molecule has 2 aliphatic carbocycles. The lowest BCUT2D eigenvalue weighted by Crippen LogP contribution is -3.00. The zero-order valence-electron chi connectivity index (χ0n) is 40.4. The fourth-order valence-electron chi connectivity index (χ4n) is 8.49. The molecule has 0 spiro atoms. The highest BCUT2D eigenvalue weighted by Gasteiger charge is 2.44. The predicted molar refractivity (Wildman–Crippen MR) is 274 cm³/mol. The number of aliphatic carboxylic acids is 2. The van der Waals surface area contributed by atoms with Crippen molar-refractivity contribution in [3.63, 3.8) is 0 Å². The number of hydrogen-bond acceptors (Lipinski definition) is 3. The third-order valence-corrected chi connectivity index (χ3v) is 16.3. The number of benzene rings is 3. The fourth-order valence-corrected chi connectivity index (χ4v) is 12.6. The molecule has 3 aromatic carbocycles. The van der Waals surface area contributed by atoms with Crippen LogP contribution in [-0.2, 0) is 14.4 Å². The molecule has 3 aromatic rings. The Balaban J connectivity index is 0.000000402. The molecule has 346 valence electrons. The van der Waals surface area contributed by atoms with Gasteiger partial charge in [-0.25, -0.2) is 9.59 Å². The number of allylic oxidation sites excluding steroid dienone is 16. The van der Waals surface area contributed by atoms with Crippen molar-refractivity contribution in [1.82, 2.24) is 0 Å². The van der Waals surface area contributed by atoms with Crippen LogP contribution in [0, 0.1) is 10.8 Å². The topological polar surface area (TPSA) is 91.7 Å². The van der Waals surface area contributed by atoms with Crippen LogP contribution in [0.2, 0.25) is 0 Å². The number of carboxylic acid groups (broad SMARTS) is 2. The van der Waals surface area contributed by atoms with E-state index >= 15 is 0 Å². The van der Waals surface area contributed by atoms with E-state index in [1.165, 1.54) is 89.7 Å². The molecule has 65 heavy (non-hydrogen) atoms. The van der Waals surface area contributed by atoms with Crippen molar-refractivity contribution >= 4 is 41.4 Å². The molecule has 0 fully saturated rings. The molecule has 0 heterocycles. The van der Waals surface area contributed by atoms with Crippen molar-refractivity contribution < 1.29 is 41.6 Å². The molecule has 0 amide bonds. The van der Waals surface area contributed by atoms with E-state index in [4.69, 9.17) is 10.2 Å². The van der Waals surface area contributed by atoms with Gasteiger partial charge in [-0.2, -0.15) is 0 Å². The lowest BCUT2D eigenvalue weighted by Gasteiger charge is -2.33. The first kappa shape index (κ1) is 56.0. The standard InChI is InChI=1S/C33H38P.C20H28O2.C5H6O3.BrH/c1-27(22-23-32-28(2)15-14-25-33(32,3)4)24-26-34(29-16-8-5-9-17-29,30-18-10-6-11-19-30)31-20-12-7-13-21-31;1-15(8-6-9-16(2)14-19(21)22)11-12-18-17(3)10-7-13-20(18,4)5;1-4(3-6)2-5(7)8;/h5-13,16-24H,14-15,25-26H2,1-4H3;6,8-9,11-12,14H,7,10,13H2,1-5H3,(H,21,22);2-3H,1H3,(H,7,8);1H/q+1;;;/p-1/b23-22+,27-24+;9-6+,12-11+,15-8+,16-14-;4-2-;. The minimum Gasteiger partial charge on any atom is -1.00 e. The Bertz CT molecular complexity index is 2220. The highest BCUT2D eigenvalue weighted by Crippen LogP contribution is 2.55. The first-order chi connectivity index (χ1) is 30.3. The third kappa shape index (κ3) is 18.0. The van der Waals surface area contributed by atoms with Crippen molar-refractivity contribution in [3.8, 4) is 0 Å². The van der Waals surface area contributed by atoms with E-state index < -0.39 is 19.2 Å². The summed E-state index contributed by atoms with van der Waals surface area (Å²) in [5, 5.41) is 20.9. The van der Waals surface area contributed by atoms with E-state index in [1.54, 1.807) is 18.6 Å². The van der Waals surface area contributed by atoms with Gasteiger partial charge in [0.05, 0.1) is 6.16 Å². The summed E-state index contributed by atoms with van der Waals surface area (Å²) >= 11 is 0. The number of carboxylic acids is 2. The third-order valence-electron chi connectivity index (χ3n) is 12.0. The highest BCUT2D eigenvalue weighted by atomic mass is 79.9. The molecule has 0 unspecified atom stereocenters. The lowest BCUT2D eigenvalue weighted by atomic mass is 9.72. The largest absolute Gasteiger partial charge is 1.00 e. The molecule has 5 nitrogen and oxygen atoms in total. The van der Waals surface area contributed by atoms with Gasteiger partial charge in [-0.15, -0.1) is 0 Å². The Morgan fingerprint density at radius 1 is 0.585 bits per heavy atom. The molecule has 0 saturated heterocycles. The van der Waals surface area contributed by atoms with Crippen molar-refractivity contribution in [3.05, 3.63) is 196 Å². The van der Waals surface area contributed by atoms with Crippen LogP contribution in [-0.4, -0.2) is 34.6 Å². The number of rotatable bonds is 14. The van der Waals surface area contributed by atoms with E-state index in [1.807, 2.05) is 12.2 Å². The Labute approximate surface area is 402 Å². The van der Waals surface area contributed by atoms with Gasteiger partial charge >= 0.3 is 11.9 Å². The summed E-state index contributed by atoms with van der Waals surface area (Å²) in [6.45, 7) is 21.5. The Morgan fingerprint density at radius 2 is 0.969 bits per heavy atom. The molecular weight excluding hydrogens is 888 g/mol. The summed E-state index contributed by atoms with van der Waals surface area (Å²) in [4.78, 5) is 30.0. The summed E-state index contributed by atoms with van der Waals surface area (Å²) in [6, 6.07) is 33.4. The van der Waals surface area contributed by atoms with Crippen molar-refractivity contribution in [2.45, 2.75) is 108 Å². The van der Waals surface area contributed by atoms with Gasteiger partial charge < -0.3 is 27.2 Å². The first-order valence-corrected chi connectivity index (χ1v) is 24.4. The maximum atomic E-state index is 10.5. The molecule has 0 radical (unpaired) electrons. The number of carbonyl (C=O) groups is 3. The summed E-state index contributed by atoms with van der Waals surface area (Å²) in [5.41, 5.74) is 10.0. The van der Waals surface area contributed by atoms with Crippen molar-refractivity contribution in [1.29, 1.82) is 0 Å². The van der Waals surface area contributed by atoms with Crippen molar-refractivity contribution in [2.75, 3.05) is 6.16 Å². The van der Waals surface area contributed by atoms with Gasteiger partial charge in [-0.05, 0) is 156 Å². The monoisotopic (exact) mass is 958 g/mol. The summed E-state index contributed by atoms with van der Waals surface area (Å²) < 4.78 is 0. The zero-order chi connectivity index (χ0) is 47.3. The molecule has 0 atom stereocenters. The number of aldehydes is 1. The van der Waals surface area contributed by atoms with Gasteiger partial charge in [-0.3, -0.25) is 4.79 Å². The summed E-state index contributed by atoms with van der Waals surface area (Å²) in [5.74, 6) is -2.00. The van der Waals surface area contributed by atoms with Crippen molar-refractivity contribution in [2.24, 2.45) is 10.8 Å². The van der Waals surface area contributed by atoms with E-state index in [-0.39, 0.29) is 33.4 Å². The van der Waals surface area contributed by atoms with E-state index in [2.05, 4.69) is 177 Å². The minimum atomic E-state index is -1.82. The average Bonchev–Trinajstić information content (AvgIpc) is 3.24. The van der Waals surface area contributed by atoms with Gasteiger partial charge in [0.2, 0.25) is 0 Å². The zero-order valence-corrected chi connectivity index (χ0v) is 42.9. The number of carbonyl (C=O) groups excluding carboxylic acids is 1. The van der Waals surface area contributed by atoms with Crippen LogP contribution in [0.5, 0.6) is 0 Å². The van der Waals surface area contributed by atoms with Gasteiger partial charge in [0.15, 0.2) is 0 Å². The van der Waals surface area contributed by atoms with Gasteiger partial charge in [0, 0.05) is 12.2 Å². The maximum absolute atomic E-state index is 10.5. The smallest absolute Gasteiger partial charge is 0.328 e. The van der Waals surface area contributed by atoms with E-state index in [0.29, 0.717) is 6.29 Å². The first-order valence-electron chi connectivity index (χ1n) is 22.4.